The number of aliphatic hydroxyl groups excluding tert-OH is 1. The number of fused-ring (bicyclic) bond motifs is 1. The second kappa shape index (κ2) is 8.00. The van der Waals surface area contributed by atoms with Crippen LogP contribution >= 0.6 is 0 Å². The van der Waals surface area contributed by atoms with Crippen LogP contribution in [0.1, 0.15) is 22.7 Å². The van der Waals surface area contributed by atoms with Crippen LogP contribution in [0.4, 0.5) is 16.3 Å². The molecule has 0 aliphatic heterocycles. The Morgan fingerprint density at radius 1 is 1.30 bits per heavy atom. The summed E-state index contributed by atoms with van der Waals surface area (Å²) in [6.07, 6.45) is 10.2. The van der Waals surface area contributed by atoms with Gasteiger partial charge in [-0.05, 0) is 24.1 Å². The predicted molar refractivity (Wildman–Crippen MR) is 117 cm³/mol. The molecule has 2 atom stereocenters. The van der Waals surface area contributed by atoms with E-state index in [1.165, 1.54) is 15.8 Å². The van der Waals surface area contributed by atoms with Gasteiger partial charge >= 0.3 is 6.03 Å². The minimum absolute atomic E-state index is 0.0428. The molecule has 8 heteroatoms. The number of nitrogens with one attached hydrogen (secondary N) is 1. The summed E-state index contributed by atoms with van der Waals surface area (Å²) < 4.78 is 1.51. The number of benzene rings is 1. The first-order valence-corrected chi connectivity index (χ1v) is 9.74. The number of urea groups is 1. The van der Waals surface area contributed by atoms with Gasteiger partial charge in [0.1, 0.15) is 11.5 Å². The zero-order valence-corrected chi connectivity index (χ0v) is 16.6. The maximum Gasteiger partial charge on any atom is 0.316 e. The number of amides is 2. The Kier molecular flexibility index (Phi) is 5.24. The van der Waals surface area contributed by atoms with Crippen LogP contribution in [0.5, 0.6) is 0 Å². The molecule has 0 saturated carbocycles. The second-order valence-corrected chi connectivity index (χ2v) is 7.28. The number of carbonyl (C=O) groups excluding carboxylic acids is 1. The highest BCUT2D eigenvalue weighted by Gasteiger charge is 2.26. The molecule has 4 rings (SSSR count). The fraction of sp³-hybridized carbons (Fsp3) is 0.227. The molecule has 154 valence electrons. The number of nitrogen functional groups attached to an aromatic ring is 1. The molecule has 1 aromatic carbocycles. The predicted octanol–water partition coefficient (Wildman–Crippen LogP) is 2.39. The maximum atomic E-state index is 11.6. The molecule has 0 radical (unpaired) electrons. The molecule has 0 fully saturated rings. The Labute approximate surface area is 174 Å². The number of nitrogens with zero attached hydrogens (tertiary/aromatic N) is 3. The molecule has 1 aromatic heterocycles. The molecule has 0 saturated heterocycles. The van der Waals surface area contributed by atoms with Crippen molar-refractivity contribution in [3.8, 4) is 0 Å². The van der Waals surface area contributed by atoms with Gasteiger partial charge in [0.25, 0.3) is 0 Å². The van der Waals surface area contributed by atoms with Crippen molar-refractivity contribution in [3.63, 3.8) is 0 Å². The van der Waals surface area contributed by atoms with Crippen molar-refractivity contribution in [2.24, 2.45) is 16.6 Å². The first-order chi connectivity index (χ1) is 14.5. The van der Waals surface area contributed by atoms with Gasteiger partial charge in [-0.1, -0.05) is 48.6 Å². The summed E-state index contributed by atoms with van der Waals surface area (Å²) in [5, 5.41) is 16.2. The molecule has 0 spiro atoms. The van der Waals surface area contributed by atoms with Gasteiger partial charge in [0, 0.05) is 11.8 Å². The second-order valence-electron chi connectivity index (χ2n) is 7.28. The number of anilines is 1. The van der Waals surface area contributed by atoms with Crippen molar-refractivity contribution in [3.05, 3.63) is 71.1 Å². The zero-order chi connectivity index (χ0) is 21.3. The molecule has 2 aliphatic carbocycles. The summed E-state index contributed by atoms with van der Waals surface area (Å²) in [4.78, 5) is 16.3. The smallest absolute Gasteiger partial charge is 0.316 e. The molecule has 0 bridgehead atoms. The molecule has 6 N–H and O–H groups in total. The molecule has 2 aromatic rings. The topological polar surface area (TPSA) is 132 Å². The molecular formula is C22H24N6O2. The number of nitrogens with two attached hydrogens (primary N) is 2. The summed E-state index contributed by atoms with van der Waals surface area (Å²) in [7, 11) is 0. The summed E-state index contributed by atoms with van der Waals surface area (Å²) in [6.45, 7) is 2.00. The molecule has 30 heavy (non-hydrogen) atoms. The highest BCUT2D eigenvalue weighted by atomic mass is 16.3. The summed E-state index contributed by atoms with van der Waals surface area (Å²) >= 11 is 0. The Hall–Kier alpha value is -3.65. The van der Waals surface area contributed by atoms with Crippen molar-refractivity contribution in [1.82, 2.24) is 15.1 Å². The number of aromatic nitrogens is 2. The minimum Gasteiger partial charge on any atom is -0.394 e. The van der Waals surface area contributed by atoms with Crippen LogP contribution in [0.25, 0.3) is 6.08 Å². The lowest BCUT2D eigenvalue weighted by Gasteiger charge is -2.23. The van der Waals surface area contributed by atoms with Gasteiger partial charge in [0.2, 0.25) is 0 Å². The lowest BCUT2D eigenvalue weighted by atomic mass is 9.84. The third-order valence-corrected chi connectivity index (χ3v) is 5.30. The van der Waals surface area contributed by atoms with Crippen LogP contribution in [0.2, 0.25) is 0 Å². The molecule has 1 heterocycles. The van der Waals surface area contributed by atoms with Crippen LogP contribution in [0, 0.1) is 12.8 Å². The number of aliphatic hydroxyl groups is 1. The quantitative estimate of drug-likeness (QED) is 0.609. The molecular weight excluding hydrogens is 380 g/mol. The van der Waals surface area contributed by atoms with E-state index in [0.717, 1.165) is 0 Å². The molecule has 2 amide bonds. The van der Waals surface area contributed by atoms with Gasteiger partial charge in [0.05, 0.1) is 30.3 Å². The van der Waals surface area contributed by atoms with Gasteiger partial charge in [0.15, 0.2) is 0 Å². The third-order valence-electron chi connectivity index (χ3n) is 5.30. The monoisotopic (exact) mass is 404 g/mol. The van der Waals surface area contributed by atoms with Crippen molar-refractivity contribution < 1.29 is 9.90 Å². The largest absolute Gasteiger partial charge is 0.394 e. The van der Waals surface area contributed by atoms with Gasteiger partial charge in [-0.15, -0.1) is 0 Å². The van der Waals surface area contributed by atoms with Crippen molar-refractivity contribution >= 4 is 29.3 Å². The lowest BCUT2D eigenvalue weighted by Crippen LogP contribution is -2.33. The Bertz CT molecular complexity index is 1110. The highest BCUT2D eigenvalue weighted by molar-refractivity contribution is 6.12. The zero-order valence-electron chi connectivity index (χ0n) is 16.6. The van der Waals surface area contributed by atoms with E-state index in [2.05, 4.69) is 45.8 Å². The van der Waals surface area contributed by atoms with E-state index < -0.39 is 6.03 Å². The summed E-state index contributed by atoms with van der Waals surface area (Å²) in [5.41, 5.74) is 16.2. The van der Waals surface area contributed by atoms with E-state index in [1.54, 1.807) is 6.92 Å². The first-order valence-electron chi connectivity index (χ1n) is 9.74. The molecule has 2 unspecified atom stereocenters. The summed E-state index contributed by atoms with van der Waals surface area (Å²) in [5.74, 6) is 0.569. The maximum absolute atomic E-state index is 11.6. The van der Waals surface area contributed by atoms with Crippen molar-refractivity contribution in [1.29, 1.82) is 0 Å². The third kappa shape index (κ3) is 3.65. The number of aryl methyl sites for hydroxylation is 1. The number of hydrogen-bond acceptors (Lipinski definition) is 5. The van der Waals surface area contributed by atoms with E-state index in [0.29, 0.717) is 28.6 Å². The average Bonchev–Trinajstić information content (AvgIpc) is 3.26. The number of carbonyl (C=O) groups is 1. The lowest BCUT2D eigenvalue weighted by molar-refractivity contribution is 0.251. The van der Waals surface area contributed by atoms with Crippen LogP contribution in [0.3, 0.4) is 0 Å². The average molecular weight is 404 g/mol. The standard InChI is InChI=1S/C22H24N6O2/c1-13-20(21(23)28(27-13)10-11-29)25-18-9-7-15(12-19(18)26-22(24)30)17-8-6-14-4-2-3-5-16(14)17/h2-9,12,15,17,29H,10-11,23H2,1H3,(H3,24,26,30). The Balaban J connectivity index is 1.69. The van der Waals surface area contributed by atoms with E-state index in [1.807, 2.05) is 24.3 Å². The van der Waals surface area contributed by atoms with Crippen LogP contribution < -0.4 is 16.8 Å². The van der Waals surface area contributed by atoms with E-state index >= 15 is 0 Å². The number of hydrogen-bond donors (Lipinski definition) is 4. The van der Waals surface area contributed by atoms with E-state index in [-0.39, 0.29) is 25.0 Å². The SMILES string of the molecule is Cc1nn(CCO)c(N)c1N=C1C=CC(C2C=Cc3ccccc32)C=C1NC(N)=O. The normalized spacial score (nSPS) is 21.0. The van der Waals surface area contributed by atoms with Crippen LogP contribution in [0.15, 0.2) is 59.3 Å². The van der Waals surface area contributed by atoms with Crippen molar-refractivity contribution in [2.45, 2.75) is 19.4 Å². The minimum atomic E-state index is -0.661. The number of primary amides is 1. The highest BCUT2D eigenvalue weighted by Crippen LogP contribution is 2.38. The van der Waals surface area contributed by atoms with E-state index in [9.17, 15) is 9.90 Å². The van der Waals surface area contributed by atoms with Crippen LogP contribution in [-0.2, 0) is 6.54 Å². The first kappa shape index (κ1) is 19.7. The number of aliphatic imine (C=N–C) groups is 1. The number of rotatable bonds is 5. The van der Waals surface area contributed by atoms with Crippen molar-refractivity contribution in [2.75, 3.05) is 12.3 Å². The fourth-order valence-electron chi connectivity index (χ4n) is 3.91. The van der Waals surface area contributed by atoms with Gasteiger partial charge < -0.3 is 21.9 Å². The van der Waals surface area contributed by atoms with Crippen LogP contribution in [-0.4, -0.2) is 33.2 Å². The summed E-state index contributed by atoms with van der Waals surface area (Å²) in [6, 6.07) is 7.59. The Morgan fingerprint density at radius 2 is 2.10 bits per heavy atom. The van der Waals surface area contributed by atoms with E-state index in [4.69, 9.17) is 11.5 Å². The molecule has 8 nitrogen and oxygen atoms in total. The number of allylic oxidation sites excluding steroid dienone is 4. The van der Waals surface area contributed by atoms with Gasteiger partial charge in [-0.3, -0.25) is 0 Å². The Morgan fingerprint density at radius 3 is 2.87 bits per heavy atom. The molecule has 2 aliphatic rings. The van der Waals surface area contributed by atoms with Gasteiger partial charge in [-0.25, -0.2) is 14.5 Å². The fourth-order valence-corrected chi connectivity index (χ4v) is 3.91. The van der Waals surface area contributed by atoms with Gasteiger partial charge in [-0.2, -0.15) is 5.10 Å².